The van der Waals surface area contributed by atoms with Gasteiger partial charge in [-0.2, -0.15) is 0 Å². The third-order valence-electron chi connectivity index (χ3n) is 4.28. The summed E-state index contributed by atoms with van der Waals surface area (Å²) in [7, 11) is 1.62. The molecule has 1 fully saturated rings. The van der Waals surface area contributed by atoms with Crippen LogP contribution in [0.4, 0.5) is 0 Å². The molecular formula is C19H31N3O3. The fraction of sp³-hybridized carbons (Fsp3) is 0.632. The number of hydrogen-bond acceptors (Lipinski definition) is 4. The number of aliphatic hydroxyl groups excluding tert-OH is 1. The molecular weight excluding hydrogens is 318 g/mol. The number of nitrogens with zero attached hydrogens (tertiary/aromatic N) is 2. The van der Waals surface area contributed by atoms with Crippen LogP contribution in [0.2, 0.25) is 0 Å². The van der Waals surface area contributed by atoms with Gasteiger partial charge in [-0.3, -0.25) is 0 Å². The van der Waals surface area contributed by atoms with Gasteiger partial charge in [0.15, 0.2) is 17.5 Å². The predicted octanol–water partition coefficient (Wildman–Crippen LogP) is 2.26. The predicted molar refractivity (Wildman–Crippen MR) is 100 cm³/mol. The standard InChI is InChI=1S/C19H31N3O3/c1-4-20-19(22-9-5-6-15(2)14-22)21-13-16-7-8-17(25-11-10-23)18(12-16)24-3/h7-8,12,15,23H,4-6,9-11,13-14H2,1-3H3,(H,20,21). The SMILES string of the molecule is CCNC(=NCc1ccc(OCCO)c(OC)c1)N1CCCC(C)C1. The van der Waals surface area contributed by atoms with Gasteiger partial charge in [0, 0.05) is 19.6 Å². The lowest BCUT2D eigenvalue weighted by molar-refractivity contribution is 0.196. The van der Waals surface area contributed by atoms with Gasteiger partial charge in [-0.1, -0.05) is 13.0 Å². The van der Waals surface area contributed by atoms with E-state index in [2.05, 4.69) is 24.1 Å². The lowest BCUT2D eigenvalue weighted by Gasteiger charge is -2.33. The number of likely N-dealkylation sites (tertiary alicyclic amines) is 1. The van der Waals surface area contributed by atoms with E-state index in [1.807, 2.05) is 18.2 Å². The average molecular weight is 349 g/mol. The van der Waals surface area contributed by atoms with Crippen LogP contribution in [0.1, 0.15) is 32.3 Å². The largest absolute Gasteiger partial charge is 0.493 e. The molecule has 1 aliphatic heterocycles. The van der Waals surface area contributed by atoms with Crippen molar-refractivity contribution < 1.29 is 14.6 Å². The van der Waals surface area contributed by atoms with Crippen molar-refractivity contribution in [2.75, 3.05) is 40.0 Å². The number of aliphatic hydroxyl groups is 1. The molecule has 0 aromatic heterocycles. The van der Waals surface area contributed by atoms with Crippen LogP contribution in [0.25, 0.3) is 0 Å². The van der Waals surface area contributed by atoms with Gasteiger partial charge in [-0.05, 0) is 43.4 Å². The van der Waals surface area contributed by atoms with Crippen LogP contribution in [-0.2, 0) is 6.54 Å². The van der Waals surface area contributed by atoms with Crippen molar-refractivity contribution in [3.8, 4) is 11.5 Å². The smallest absolute Gasteiger partial charge is 0.194 e. The first-order valence-electron chi connectivity index (χ1n) is 9.11. The molecule has 1 heterocycles. The van der Waals surface area contributed by atoms with Gasteiger partial charge in [0.05, 0.1) is 20.3 Å². The van der Waals surface area contributed by atoms with E-state index in [0.717, 1.165) is 31.2 Å². The molecule has 0 bridgehead atoms. The Hall–Kier alpha value is -1.95. The number of guanidine groups is 1. The van der Waals surface area contributed by atoms with Crippen LogP contribution in [0.3, 0.4) is 0 Å². The molecule has 1 atom stereocenters. The molecule has 2 N–H and O–H groups in total. The first kappa shape index (κ1) is 19.4. The van der Waals surface area contributed by atoms with Crippen molar-refractivity contribution in [2.24, 2.45) is 10.9 Å². The summed E-state index contributed by atoms with van der Waals surface area (Å²) in [6, 6.07) is 5.80. The zero-order valence-corrected chi connectivity index (χ0v) is 15.6. The third kappa shape index (κ3) is 5.81. The molecule has 1 aliphatic rings. The topological polar surface area (TPSA) is 66.3 Å². The van der Waals surface area contributed by atoms with Gasteiger partial charge in [-0.25, -0.2) is 4.99 Å². The number of ether oxygens (including phenoxy) is 2. The molecule has 0 amide bonds. The number of hydrogen-bond donors (Lipinski definition) is 2. The van der Waals surface area contributed by atoms with Gasteiger partial charge in [-0.15, -0.1) is 0 Å². The molecule has 0 spiro atoms. The summed E-state index contributed by atoms with van der Waals surface area (Å²) in [6.45, 7) is 8.20. The Morgan fingerprint density at radius 2 is 2.24 bits per heavy atom. The minimum absolute atomic E-state index is 0.0183. The van der Waals surface area contributed by atoms with E-state index >= 15 is 0 Å². The lowest BCUT2D eigenvalue weighted by Crippen LogP contribution is -2.46. The highest BCUT2D eigenvalue weighted by atomic mass is 16.5. The molecule has 0 aliphatic carbocycles. The number of piperidine rings is 1. The van der Waals surface area contributed by atoms with Crippen LogP contribution >= 0.6 is 0 Å². The molecule has 25 heavy (non-hydrogen) atoms. The molecule has 1 aromatic carbocycles. The fourth-order valence-electron chi connectivity index (χ4n) is 3.06. The molecule has 6 heteroatoms. The highest BCUT2D eigenvalue weighted by molar-refractivity contribution is 5.80. The minimum Gasteiger partial charge on any atom is -0.493 e. The Balaban J connectivity index is 2.08. The number of aliphatic imine (C=N–C) groups is 1. The highest BCUT2D eigenvalue weighted by Gasteiger charge is 2.19. The van der Waals surface area contributed by atoms with Crippen molar-refractivity contribution in [2.45, 2.75) is 33.2 Å². The minimum atomic E-state index is -0.0183. The fourth-order valence-corrected chi connectivity index (χ4v) is 3.06. The number of rotatable bonds is 7. The maximum Gasteiger partial charge on any atom is 0.194 e. The molecule has 140 valence electrons. The van der Waals surface area contributed by atoms with Gasteiger partial charge < -0.3 is 24.8 Å². The molecule has 1 unspecified atom stereocenters. The average Bonchev–Trinajstić information content (AvgIpc) is 2.63. The summed E-state index contributed by atoms with van der Waals surface area (Å²) in [5, 5.41) is 12.3. The number of benzene rings is 1. The summed E-state index contributed by atoms with van der Waals surface area (Å²) >= 11 is 0. The second-order valence-electron chi connectivity index (χ2n) is 6.42. The Morgan fingerprint density at radius 1 is 1.40 bits per heavy atom. The molecule has 1 saturated heterocycles. The summed E-state index contributed by atoms with van der Waals surface area (Å²) < 4.78 is 10.9. The summed E-state index contributed by atoms with van der Waals surface area (Å²) in [5.74, 6) is 2.99. The van der Waals surface area contributed by atoms with Crippen LogP contribution in [0.5, 0.6) is 11.5 Å². The maximum absolute atomic E-state index is 8.89. The van der Waals surface area contributed by atoms with Crippen LogP contribution in [0.15, 0.2) is 23.2 Å². The van der Waals surface area contributed by atoms with E-state index in [9.17, 15) is 0 Å². The van der Waals surface area contributed by atoms with E-state index < -0.39 is 0 Å². The van der Waals surface area contributed by atoms with Crippen molar-refractivity contribution in [3.63, 3.8) is 0 Å². The van der Waals surface area contributed by atoms with Gasteiger partial charge >= 0.3 is 0 Å². The molecule has 0 saturated carbocycles. The molecule has 2 rings (SSSR count). The summed E-state index contributed by atoms with van der Waals surface area (Å²) in [6.07, 6.45) is 2.51. The Bertz CT molecular complexity index is 563. The third-order valence-corrected chi connectivity index (χ3v) is 4.28. The van der Waals surface area contributed by atoms with Crippen molar-refractivity contribution in [1.29, 1.82) is 0 Å². The number of nitrogens with one attached hydrogen (secondary N) is 1. The zero-order chi connectivity index (χ0) is 18.1. The first-order chi connectivity index (χ1) is 12.2. The Labute approximate surface area is 150 Å². The normalized spacial score (nSPS) is 18.2. The van der Waals surface area contributed by atoms with Crippen molar-refractivity contribution in [3.05, 3.63) is 23.8 Å². The van der Waals surface area contributed by atoms with Crippen molar-refractivity contribution in [1.82, 2.24) is 10.2 Å². The van der Waals surface area contributed by atoms with Gasteiger partial charge in [0.2, 0.25) is 0 Å². The second-order valence-corrected chi connectivity index (χ2v) is 6.42. The van der Waals surface area contributed by atoms with Gasteiger partial charge in [0.1, 0.15) is 6.61 Å². The van der Waals surface area contributed by atoms with Crippen LogP contribution in [-0.4, -0.2) is 55.9 Å². The molecule has 6 nitrogen and oxygen atoms in total. The van der Waals surface area contributed by atoms with E-state index in [-0.39, 0.29) is 13.2 Å². The highest BCUT2D eigenvalue weighted by Crippen LogP contribution is 2.28. The number of methoxy groups -OCH3 is 1. The van der Waals surface area contributed by atoms with E-state index in [4.69, 9.17) is 19.6 Å². The summed E-state index contributed by atoms with van der Waals surface area (Å²) in [4.78, 5) is 7.16. The summed E-state index contributed by atoms with van der Waals surface area (Å²) in [5.41, 5.74) is 1.06. The first-order valence-corrected chi connectivity index (χ1v) is 9.11. The van der Waals surface area contributed by atoms with E-state index in [0.29, 0.717) is 24.0 Å². The zero-order valence-electron chi connectivity index (χ0n) is 15.6. The molecule has 0 radical (unpaired) electrons. The van der Waals surface area contributed by atoms with Gasteiger partial charge in [0.25, 0.3) is 0 Å². The monoisotopic (exact) mass is 349 g/mol. The van der Waals surface area contributed by atoms with E-state index in [1.165, 1.54) is 12.8 Å². The Morgan fingerprint density at radius 3 is 2.92 bits per heavy atom. The van der Waals surface area contributed by atoms with Crippen molar-refractivity contribution >= 4 is 5.96 Å². The molecule has 1 aromatic rings. The second kappa shape index (κ2) is 10.1. The van der Waals surface area contributed by atoms with Crippen LogP contribution in [0, 0.1) is 5.92 Å². The quantitative estimate of drug-likeness (QED) is 0.584. The maximum atomic E-state index is 8.89. The Kier molecular flexibility index (Phi) is 7.85. The van der Waals surface area contributed by atoms with Crippen LogP contribution < -0.4 is 14.8 Å². The lowest BCUT2D eigenvalue weighted by atomic mass is 10.0. The van der Waals surface area contributed by atoms with E-state index in [1.54, 1.807) is 7.11 Å².